The lowest BCUT2D eigenvalue weighted by molar-refractivity contribution is 0.0693. The molecular formula is C17H26N4O3. The van der Waals surface area contributed by atoms with E-state index in [9.17, 15) is 4.79 Å². The number of amides is 1. The first-order valence-electron chi connectivity index (χ1n) is 8.86. The molecule has 2 N–H and O–H groups in total. The molecule has 0 saturated carbocycles. The Bertz CT molecular complexity index is 525. The van der Waals surface area contributed by atoms with Crippen LogP contribution < -0.4 is 10.6 Å². The Balaban J connectivity index is 1.54. The predicted octanol–water partition coefficient (Wildman–Crippen LogP) is 1.75. The van der Waals surface area contributed by atoms with Crippen molar-refractivity contribution in [3.8, 4) is 0 Å². The van der Waals surface area contributed by atoms with E-state index in [1.165, 1.54) is 0 Å². The molecule has 7 nitrogen and oxygen atoms in total. The van der Waals surface area contributed by atoms with Gasteiger partial charge in [0.05, 0.1) is 12.1 Å². The largest absolute Gasteiger partial charge is 0.381 e. The van der Waals surface area contributed by atoms with Crippen LogP contribution in [0.25, 0.3) is 0 Å². The van der Waals surface area contributed by atoms with E-state index in [1.807, 2.05) is 6.07 Å². The molecule has 2 fully saturated rings. The fourth-order valence-corrected chi connectivity index (χ4v) is 3.20. The monoisotopic (exact) mass is 334 g/mol. The zero-order valence-electron chi connectivity index (χ0n) is 14.2. The van der Waals surface area contributed by atoms with Crippen molar-refractivity contribution in [2.24, 2.45) is 0 Å². The molecule has 0 bridgehead atoms. The molecule has 3 heterocycles. The van der Waals surface area contributed by atoms with Crippen molar-refractivity contribution in [3.05, 3.63) is 17.8 Å². The number of anilines is 1. The molecule has 2 atom stereocenters. The number of hydrogen-bond acceptors (Lipinski definition) is 6. The Hall–Kier alpha value is -1.73. The minimum absolute atomic E-state index is 0.162. The van der Waals surface area contributed by atoms with Crippen LogP contribution in [-0.2, 0) is 9.47 Å². The van der Waals surface area contributed by atoms with Crippen LogP contribution >= 0.6 is 0 Å². The second kappa shape index (κ2) is 8.39. The maximum atomic E-state index is 12.2. The summed E-state index contributed by atoms with van der Waals surface area (Å²) >= 11 is 0. The zero-order chi connectivity index (χ0) is 16.8. The number of rotatable bonds is 6. The number of carbonyl (C=O) groups is 1. The smallest absolute Gasteiger partial charge is 0.272 e. The summed E-state index contributed by atoms with van der Waals surface area (Å²) in [6.45, 7) is 4.35. The van der Waals surface area contributed by atoms with Gasteiger partial charge in [-0.15, -0.1) is 10.2 Å². The number of aromatic nitrogens is 2. The molecule has 24 heavy (non-hydrogen) atoms. The van der Waals surface area contributed by atoms with Crippen molar-refractivity contribution in [2.45, 2.75) is 57.2 Å². The Kier molecular flexibility index (Phi) is 5.98. The van der Waals surface area contributed by atoms with Gasteiger partial charge in [-0.3, -0.25) is 4.79 Å². The van der Waals surface area contributed by atoms with Crippen LogP contribution in [0.15, 0.2) is 12.1 Å². The average molecular weight is 334 g/mol. The first-order chi connectivity index (χ1) is 11.8. The van der Waals surface area contributed by atoms with Gasteiger partial charge in [-0.25, -0.2) is 0 Å². The first-order valence-corrected chi connectivity index (χ1v) is 8.86. The Labute approximate surface area is 142 Å². The van der Waals surface area contributed by atoms with Crippen LogP contribution in [0.3, 0.4) is 0 Å². The minimum atomic E-state index is -0.174. The zero-order valence-corrected chi connectivity index (χ0v) is 14.2. The summed E-state index contributed by atoms with van der Waals surface area (Å²) in [5.74, 6) is 0.507. The summed E-state index contributed by atoms with van der Waals surface area (Å²) in [5.41, 5.74) is 0.345. The fraction of sp³-hybridized carbons (Fsp3) is 0.706. The number of hydrogen-bond donors (Lipinski definition) is 2. The highest BCUT2D eigenvalue weighted by atomic mass is 16.5. The van der Waals surface area contributed by atoms with Crippen molar-refractivity contribution in [3.63, 3.8) is 0 Å². The average Bonchev–Trinajstić information content (AvgIpc) is 3.15. The van der Waals surface area contributed by atoms with Gasteiger partial charge in [-0.2, -0.15) is 0 Å². The summed E-state index contributed by atoms with van der Waals surface area (Å²) in [5, 5.41) is 14.6. The van der Waals surface area contributed by atoms with Crippen molar-refractivity contribution < 1.29 is 14.3 Å². The van der Waals surface area contributed by atoms with E-state index in [4.69, 9.17) is 9.47 Å². The van der Waals surface area contributed by atoms with Gasteiger partial charge in [0.2, 0.25) is 0 Å². The van der Waals surface area contributed by atoms with Crippen molar-refractivity contribution in [2.75, 3.05) is 25.1 Å². The van der Waals surface area contributed by atoms with Crippen LogP contribution in [0, 0.1) is 0 Å². The molecule has 2 saturated heterocycles. The van der Waals surface area contributed by atoms with Crippen molar-refractivity contribution in [1.82, 2.24) is 15.5 Å². The molecule has 1 amide bonds. The highest BCUT2D eigenvalue weighted by Gasteiger charge is 2.25. The van der Waals surface area contributed by atoms with Crippen LogP contribution in [0.4, 0.5) is 5.82 Å². The maximum absolute atomic E-state index is 12.2. The van der Waals surface area contributed by atoms with Gasteiger partial charge < -0.3 is 20.1 Å². The Morgan fingerprint density at radius 3 is 2.71 bits per heavy atom. The Morgan fingerprint density at radius 1 is 1.25 bits per heavy atom. The normalized spacial score (nSPS) is 23.0. The molecule has 0 spiro atoms. The second-order valence-corrected chi connectivity index (χ2v) is 6.37. The molecule has 3 rings (SSSR count). The summed E-state index contributed by atoms with van der Waals surface area (Å²) in [4.78, 5) is 12.2. The lowest BCUT2D eigenvalue weighted by atomic mass is 10.1. The van der Waals surface area contributed by atoms with E-state index in [-0.39, 0.29) is 24.1 Å². The number of carbonyl (C=O) groups excluding carboxylic acids is 1. The van der Waals surface area contributed by atoms with Crippen LogP contribution in [0.1, 0.15) is 49.5 Å². The molecule has 7 heteroatoms. The van der Waals surface area contributed by atoms with Gasteiger partial charge in [-0.05, 0) is 44.2 Å². The van der Waals surface area contributed by atoms with Gasteiger partial charge in [0.25, 0.3) is 5.91 Å². The first kappa shape index (κ1) is 17.1. The van der Waals surface area contributed by atoms with Gasteiger partial charge in [0.15, 0.2) is 5.69 Å². The molecule has 2 unspecified atom stereocenters. The Morgan fingerprint density at radius 2 is 2.08 bits per heavy atom. The SMILES string of the molecule is CCC(Nc1ccc(C(=O)NC2CCOCC2)nn1)C1CCCO1. The van der Waals surface area contributed by atoms with Crippen molar-refractivity contribution in [1.29, 1.82) is 0 Å². The van der Waals surface area contributed by atoms with E-state index in [1.54, 1.807) is 6.07 Å². The fourth-order valence-electron chi connectivity index (χ4n) is 3.20. The molecule has 0 aliphatic carbocycles. The number of nitrogens with zero attached hydrogens (tertiary/aromatic N) is 2. The number of nitrogens with one attached hydrogen (secondary N) is 2. The third-order valence-electron chi connectivity index (χ3n) is 4.64. The van der Waals surface area contributed by atoms with Crippen LogP contribution in [0.5, 0.6) is 0 Å². The molecule has 1 aromatic rings. The summed E-state index contributed by atoms with van der Waals surface area (Å²) in [6, 6.07) is 3.91. The molecular weight excluding hydrogens is 308 g/mol. The quantitative estimate of drug-likeness (QED) is 0.824. The summed E-state index contributed by atoms with van der Waals surface area (Å²) in [7, 11) is 0. The van der Waals surface area contributed by atoms with E-state index in [0.717, 1.165) is 38.7 Å². The van der Waals surface area contributed by atoms with Crippen LogP contribution in [-0.4, -0.2) is 54.1 Å². The van der Waals surface area contributed by atoms with E-state index in [0.29, 0.717) is 24.7 Å². The van der Waals surface area contributed by atoms with Crippen molar-refractivity contribution >= 4 is 11.7 Å². The molecule has 1 aromatic heterocycles. The minimum Gasteiger partial charge on any atom is -0.381 e. The van der Waals surface area contributed by atoms with Gasteiger partial charge in [0, 0.05) is 25.9 Å². The standard InChI is InChI=1S/C17H26N4O3/c1-2-13(15-4-3-9-24-15)19-16-6-5-14(20-21-16)17(22)18-12-7-10-23-11-8-12/h5-6,12-13,15H,2-4,7-11H2,1H3,(H,18,22)(H,19,21). The van der Waals surface area contributed by atoms with Crippen LogP contribution in [0.2, 0.25) is 0 Å². The maximum Gasteiger partial charge on any atom is 0.272 e. The van der Waals surface area contributed by atoms with Gasteiger partial charge in [-0.1, -0.05) is 6.92 Å². The molecule has 2 aliphatic heterocycles. The third kappa shape index (κ3) is 4.42. The summed E-state index contributed by atoms with van der Waals surface area (Å²) in [6.07, 6.45) is 5.06. The lowest BCUT2D eigenvalue weighted by Gasteiger charge is -2.23. The highest BCUT2D eigenvalue weighted by Crippen LogP contribution is 2.20. The second-order valence-electron chi connectivity index (χ2n) is 6.37. The lowest BCUT2D eigenvalue weighted by Crippen LogP contribution is -2.39. The molecule has 132 valence electrons. The summed E-state index contributed by atoms with van der Waals surface area (Å²) < 4.78 is 11.0. The third-order valence-corrected chi connectivity index (χ3v) is 4.64. The molecule has 0 aromatic carbocycles. The van der Waals surface area contributed by atoms with Gasteiger partial charge in [0.1, 0.15) is 5.82 Å². The number of ether oxygens (including phenoxy) is 2. The topological polar surface area (TPSA) is 85.4 Å². The molecule has 0 radical (unpaired) electrons. The van der Waals surface area contributed by atoms with E-state index in [2.05, 4.69) is 27.8 Å². The van der Waals surface area contributed by atoms with E-state index < -0.39 is 0 Å². The highest BCUT2D eigenvalue weighted by molar-refractivity contribution is 5.92. The van der Waals surface area contributed by atoms with E-state index >= 15 is 0 Å². The predicted molar refractivity (Wildman–Crippen MR) is 90.0 cm³/mol. The van der Waals surface area contributed by atoms with Gasteiger partial charge >= 0.3 is 0 Å². The molecule has 2 aliphatic rings.